The van der Waals surface area contributed by atoms with E-state index in [2.05, 4.69) is 41.6 Å². The molecule has 0 saturated carbocycles. The molecule has 0 N–H and O–H groups in total. The first-order chi connectivity index (χ1) is 12.6. The van der Waals surface area contributed by atoms with Crippen molar-refractivity contribution in [3.05, 3.63) is 60.2 Å². The number of aromatic nitrogens is 3. The SMILES string of the molecule is CC(C)Cn1c([C@@H]2CCCN2C(=O)c2cccnc2)nc2ccccc21. The second-order valence-corrected chi connectivity index (χ2v) is 7.36. The van der Waals surface area contributed by atoms with Crippen molar-refractivity contribution in [1.29, 1.82) is 0 Å². The highest BCUT2D eigenvalue weighted by Crippen LogP contribution is 2.34. The zero-order valence-electron chi connectivity index (χ0n) is 15.3. The summed E-state index contributed by atoms with van der Waals surface area (Å²) in [7, 11) is 0. The molecule has 1 amide bonds. The van der Waals surface area contributed by atoms with Gasteiger partial charge in [0.25, 0.3) is 5.91 Å². The van der Waals surface area contributed by atoms with E-state index < -0.39 is 0 Å². The second kappa shape index (κ2) is 6.90. The first-order valence-corrected chi connectivity index (χ1v) is 9.31. The summed E-state index contributed by atoms with van der Waals surface area (Å²) in [4.78, 5) is 24.0. The number of rotatable bonds is 4. The number of fused-ring (bicyclic) bond motifs is 1. The molecule has 1 fully saturated rings. The molecule has 1 aromatic carbocycles. The maximum Gasteiger partial charge on any atom is 0.256 e. The molecule has 0 unspecified atom stereocenters. The van der Waals surface area contributed by atoms with Crippen molar-refractivity contribution in [2.45, 2.75) is 39.3 Å². The van der Waals surface area contributed by atoms with Crippen LogP contribution in [0.2, 0.25) is 0 Å². The van der Waals surface area contributed by atoms with Crippen molar-refractivity contribution in [3.8, 4) is 0 Å². The van der Waals surface area contributed by atoms with Gasteiger partial charge in [0, 0.05) is 25.5 Å². The summed E-state index contributed by atoms with van der Waals surface area (Å²) in [6.07, 6.45) is 5.30. The monoisotopic (exact) mass is 348 g/mol. The molecular weight excluding hydrogens is 324 g/mol. The highest BCUT2D eigenvalue weighted by molar-refractivity contribution is 5.94. The molecule has 1 saturated heterocycles. The quantitative estimate of drug-likeness (QED) is 0.714. The molecule has 2 aromatic heterocycles. The maximum absolute atomic E-state index is 13.0. The summed E-state index contributed by atoms with van der Waals surface area (Å²) >= 11 is 0. The normalized spacial score (nSPS) is 17.3. The Bertz CT molecular complexity index is 916. The lowest BCUT2D eigenvalue weighted by molar-refractivity contribution is 0.0727. The van der Waals surface area contributed by atoms with Crippen LogP contribution in [-0.4, -0.2) is 31.9 Å². The minimum Gasteiger partial charge on any atom is -0.328 e. The smallest absolute Gasteiger partial charge is 0.256 e. The minimum atomic E-state index is 0.0221. The Hall–Kier alpha value is -2.69. The van der Waals surface area contributed by atoms with Crippen LogP contribution in [0.5, 0.6) is 0 Å². The molecular formula is C21H24N4O. The van der Waals surface area contributed by atoms with E-state index in [4.69, 9.17) is 4.98 Å². The minimum absolute atomic E-state index is 0.0221. The first kappa shape index (κ1) is 16.8. The van der Waals surface area contributed by atoms with Gasteiger partial charge in [0.15, 0.2) is 0 Å². The number of hydrogen-bond acceptors (Lipinski definition) is 3. The Balaban J connectivity index is 1.75. The topological polar surface area (TPSA) is 51.0 Å². The lowest BCUT2D eigenvalue weighted by atomic mass is 10.1. The molecule has 5 heteroatoms. The number of para-hydroxylation sites is 2. The molecule has 1 aliphatic rings. The Labute approximate surface area is 153 Å². The van der Waals surface area contributed by atoms with E-state index in [9.17, 15) is 4.79 Å². The van der Waals surface area contributed by atoms with Gasteiger partial charge < -0.3 is 9.47 Å². The molecule has 3 heterocycles. The molecule has 26 heavy (non-hydrogen) atoms. The van der Waals surface area contributed by atoms with Gasteiger partial charge in [0.2, 0.25) is 0 Å². The third-order valence-corrected chi connectivity index (χ3v) is 4.95. The maximum atomic E-state index is 13.0. The van der Waals surface area contributed by atoms with E-state index in [-0.39, 0.29) is 11.9 Å². The van der Waals surface area contributed by atoms with E-state index >= 15 is 0 Å². The van der Waals surface area contributed by atoms with Crippen LogP contribution in [0, 0.1) is 5.92 Å². The molecule has 0 spiro atoms. The van der Waals surface area contributed by atoms with Crippen LogP contribution in [0.1, 0.15) is 48.9 Å². The largest absolute Gasteiger partial charge is 0.328 e. The molecule has 5 nitrogen and oxygen atoms in total. The van der Waals surface area contributed by atoms with Crippen LogP contribution in [0.15, 0.2) is 48.8 Å². The third-order valence-electron chi connectivity index (χ3n) is 4.95. The predicted octanol–water partition coefficient (Wildman–Crippen LogP) is 4.06. The summed E-state index contributed by atoms with van der Waals surface area (Å²) in [5, 5.41) is 0. The van der Waals surface area contributed by atoms with E-state index in [1.807, 2.05) is 23.1 Å². The number of hydrogen-bond donors (Lipinski definition) is 0. The molecule has 3 aromatic rings. The fourth-order valence-corrected chi connectivity index (χ4v) is 3.84. The first-order valence-electron chi connectivity index (χ1n) is 9.31. The average molecular weight is 348 g/mol. The number of carbonyl (C=O) groups is 1. The number of imidazole rings is 1. The summed E-state index contributed by atoms with van der Waals surface area (Å²) in [6, 6.07) is 11.9. The number of pyridine rings is 1. The zero-order valence-corrected chi connectivity index (χ0v) is 15.3. The highest BCUT2D eigenvalue weighted by atomic mass is 16.2. The van der Waals surface area contributed by atoms with E-state index in [1.165, 1.54) is 0 Å². The summed E-state index contributed by atoms with van der Waals surface area (Å²) in [6.45, 7) is 6.10. The molecule has 0 aliphatic carbocycles. The summed E-state index contributed by atoms with van der Waals surface area (Å²) < 4.78 is 2.31. The lowest BCUT2D eigenvalue weighted by Gasteiger charge is -2.25. The van der Waals surface area contributed by atoms with Crippen LogP contribution < -0.4 is 0 Å². The number of carbonyl (C=O) groups excluding carboxylic acids is 1. The molecule has 1 atom stereocenters. The summed E-state index contributed by atoms with van der Waals surface area (Å²) in [5.74, 6) is 1.56. The van der Waals surface area contributed by atoms with Crippen LogP contribution in [0.4, 0.5) is 0 Å². The van der Waals surface area contributed by atoms with E-state index in [1.54, 1.807) is 12.4 Å². The Morgan fingerprint density at radius 1 is 1.23 bits per heavy atom. The van der Waals surface area contributed by atoms with E-state index in [0.29, 0.717) is 11.5 Å². The van der Waals surface area contributed by atoms with Gasteiger partial charge in [-0.05, 0) is 43.0 Å². The van der Waals surface area contributed by atoms with Crippen molar-refractivity contribution in [3.63, 3.8) is 0 Å². The Morgan fingerprint density at radius 2 is 2.08 bits per heavy atom. The second-order valence-electron chi connectivity index (χ2n) is 7.36. The van der Waals surface area contributed by atoms with Gasteiger partial charge in [-0.2, -0.15) is 0 Å². The van der Waals surface area contributed by atoms with Gasteiger partial charge in [-0.25, -0.2) is 4.98 Å². The van der Waals surface area contributed by atoms with Crippen LogP contribution in [0.3, 0.4) is 0 Å². The van der Waals surface area contributed by atoms with Gasteiger partial charge in [-0.3, -0.25) is 9.78 Å². The van der Waals surface area contributed by atoms with Crippen LogP contribution in [0.25, 0.3) is 11.0 Å². The number of amides is 1. The van der Waals surface area contributed by atoms with Crippen LogP contribution >= 0.6 is 0 Å². The van der Waals surface area contributed by atoms with Crippen LogP contribution in [-0.2, 0) is 6.54 Å². The lowest BCUT2D eigenvalue weighted by Crippen LogP contribution is -2.32. The molecule has 0 radical (unpaired) electrons. The Morgan fingerprint density at radius 3 is 2.85 bits per heavy atom. The van der Waals surface area contributed by atoms with Crippen molar-refractivity contribution < 1.29 is 4.79 Å². The van der Waals surface area contributed by atoms with E-state index in [0.717, 1.165) is 42.8 Å². The fourth-order valence-electron chi connectivity index (χ4n) is 3.84. The number of nitrogens with zero attached hydrogens (tertiary/aromatic N) is 4. The van der Waals surface area contributed by atoms with Crippen molar-refractivity contribution in [1.82, 2.24) is 19.4 Å². The standard InChI is InChI=1S/C21H24N4O/c1-15(2)14-25-18-9-4-3-8-17(18)23-20(25)19-10-6-12-24(19)21(26)16-7-5-11-22-13-16/h3-5,7-9,11,13,15,19H,6,10,12,14H2,1-2H3/t19-/m0/s1. The predicted molar refractivity (Wildman–Crippen MR) is 102 cm³/mol. The van der Waals surface area contributed by atoms with Crippen molar-refractivity contribution >= 4 is 16.9 Å². The molecule has 1 aliphatic heterocycles. The Kier molecular flexibility index (Phi) is 4.45. The van der Waals surface area contributed by atoms with Crippen molar-refractivity contribution in [2.75, 3.05) is 6.54 Å². The molecule has 134 valence electrons. The van der Waals surface area contributed by atoms with Gasteiger partial charge >= 0.3 is 0 Å². The third kappa shape index (κ3) is 2.98. The average Bonchev–Trinajstić information content (AvgIpc) is 3.26. The number of benzene rings is 1. The fraction of sp³-hybridized carbons (Fsp3) is 0.381. The molecule has 4 rings (SSSR count). The van der Waals surface area contributed by atoms with Gasteiger partial charge in [0.05, 0.1) is 22.6 Å². The van der Waals surface area contributed by atoms with Gasteiger partial charge in [0.1, 0.15) is 5.82 Å². The van der Waals surface area contributed by atoms with Gasteiger partial charge in [-0.1, -0.05) is 26.0 Å². The molecule has 0 bridgehead atoms. The summed E-state index contributed by atoms with van der Waals surface area (Å²) in [5.41, 5.74) is 2.80. The van der Waals surface area contributed by atoms with Gasteiger partial charge in [-0.15, -0.1) is 0 Å². The highest BCUT2D eigenvalue weighted by Gasteiger charge is 2.34. The van der Waals surface area contributed by atoms with Crippen molar-refractivity contribution in [2.24, 2.45) is 5.92 Å². The zero-order chi connectivity index (χ0) is 18.1. The number of likely N-dealkylation sites (tertiary alicyclic amines) is 1.